The molecule has 0 unspecified atom stereocenters. The predicted octanol–water partition coefficient (Wildman–Crippen LogP) is 4.64. The van der Waals surface area contributed by atoms with Crippen LogP contribution in [0.3, 0.4) is 0 Å². The van der Waals surface area contributed by atoms with Crippen LogP contribution < -0.4 is 9.47 Å². The molecule has 0 saturated carbocycles. The first-order chi connectivity index (χ1) is 9.76. The van der Waals surface area contributed by atoms with E-state index in [1.54, 1.807) is 0 Å². The van der Waals surface area contributed by atoms with Gasteiger partial charge in [-0.2, -0.15) is 5.26 Å². The summed E-state index contributed by atoms with van der Waals surface area (Å²) in [5, 5.41) is 9.90. The fraction of sp³-hybridized carbons (Fsp3) is 0.188. The number of nitrogens with zero attached hydrogens (tertiary/aromatic N) is 1. The van der Waals surface area contributed by atoms with Crippen LogP contribution in [0.2, 0.25) is 0 Å². The van der Waals surface area contributed by atoms with Gasteiger partial charge in [-0.15, -0.1) is 0 Å². The van der Waals surface area contributed by atoms with E-state index in [-0.39, 0.29) is 0 Å². The monoisotopic (exact) mass is 331 g/mol. The molecular weight excluding hydrogens is 318 g/mol. The Labute approximate surface area is 126 Å². The second-order valence-electron chi connectivity index (χ2n) is 4.09. The molecule has 0 bridgehead atoms. The molecule has 0 aliphatic heterocycles. The van der Waals surface area contributed by atoms with Gasteiger partial charge in [-0.25, -0.2) is 0 Å². The molecule has 2 rings (SSSR count). The van der Waals surface area contributed by atoms with E-state index in [2.05, 4.69) is 22.0 Å². The van der Waals surface area contributed by atoms with Gasteiger partial charge in [-0.3, -0.25) is 0 Å². The third-order valence-corrected chi connectivity index (χ3v) is 3.31. The molecule has 0 aromatic heterocycles. The lowest BCUT2D eigenvalue weighted by molar-refractivity contribution is 0.338. The Morgan fingerprint density at radius 2 is 1.95 bits per heavy atom. The van der Waals surface area contributed by atoms with Crippen molar-refractivity contribution in [2.45, 2.75) is 12.3 Å². The second kappa shape index (κ2) is 6.97. The molecule has 0 spiro atoms. The molecule has 0 saturated heterocycles. The van der Waals surface area contributed by atoms with Gasteiger partial charge < -0.3 is 9.47 Å². The van der Waals surface area contributed by atoms with Gasteiger partial charge in [-0.1, -0.05) is 28.1 Å². The molecule has 0 radical (unpaired) electrons. The first-order valence-corrected chi connectivity index (χ1v) is 7.38. The van der Waals surface area contributed by atoms with Crippen molar-refractivity contribution in [3.05, 3.63) is 53.6 Å². The lowest BCUT2D eigenvalue weighted by Gasteiger charge is -2.10. The summed E-state index contributed by atoms with van der Waals surface area (Å²) in [6.07, 6.45) is 0. The molecule has 0 amide bonds. The fourth-order valence-electron chi connectivity index (χ4n) is 1.76. The van der Waals surface area contributed by atoms with E-state index in [0.29, 0.717) is 29.0 Å². The molecule has 4 heteroatoms. The zero-order chi connectivity index (χ0) is 14.4. The van der Waals surface area contributed by atoms with Gasteiger partial charge in [0.2, 0.25) is 0 Å². The van der Waals surface area contributed by atoms with Crippen LogP contribution in [0.1, 0.15) is 18.1 Å². The standard InChI is InChI=1S/C16H14BrNO2/c1-2-19-14-4-3-5-15(9-14)20-16-7-6-12(10-17)8-13(16)11-18/h3-9H,2,10H2,1H3. The summed E-state index contributed by atoms with van der Waals surface area (Å²) in [4.78, 5) is 0. The molecule has 0 N–H and O–H groups in total. The van der Waals surface area contributed by atoms with Gasteiger partial charge in [-0.05, 0) is 36.8 Å². The van der Waals surface area contributed by atoms with Crippen LogP contribution in [0.25, 0.3) is 0 Å². The summed E-state index contributed by atoms with van der Waals surface area (Å²) < 4.78 is 11.2. The number of rotatable bonds is 5. The van der Waals surface area contributed by atoms with Crippen LogP contribution in [0.4, 0.5) is 0 Å². The van der Waals surface area contributed by atoms with Crippen LogP contribution >= 0.6 is 15.9 Å². The van der Waals surface area contributed by atoms with Crippen LogP contribution in [0.15, 0.2) is 42.5 Å². The van der Waals surface area contributed by atoms with E-state index in [1.807, 2.05) is 49.4 Å². The molecule has 0 heterocycles. The molecule has 0 atom stereocenters. The van der Waals surface area contributed by atoms with Crippen LogP contribution in [-0.2, 0) is 5.33 Å². The number of ether oxygens (including phenoxy) is 2. The summed E-state index contributed by atoms with van der Waals surface area (Å²) in [7, 11) is 0. The maximum Gasteiger partial charge on any atom is 0.145 e. The molecule has 2 aromatic rings. The molecule has 2 aromatic carbocycles. The summed E-state index contributed by atoms with van der Waals surface area (Å²) in [6, 6.07) is 15.1. The average Bonchev–Trinajstić information content (AvgIpc) is 2.48. The Kier molecular flexibility index (Phi) is 5.03. The Morgan fingerprint density at radius 3 is 2.65 bits per heavy atom. The number of benzene rings is 2. The Bertz CT molecular complexity index is 635. The van der Waals surface area contributed by atoms with Crippen molar-refractivity contribution in [2.75, 3.05) is 6.61 Å². The third kappa shape index (κ3) is 3.52. The summed E-state index contributed by atoms with van der Waals surface area (Å²) >= 11 is 3.37. The molecule has 0 fully saturated rings. The van der Waals surface area contributed by atoms with E-state index in [4.69, 9.17) is 9.47 Å². The Hall–Kier alpha value is -1.99. The van der Waals surface area contributed by atoms with Crippen molar-refractivity contribution in [3.63, 3.8) is 0 Å². The number of hydrogen-bond donors (Lipinski definition) is 0. The quantitative estimate of drug-likeness (QED) is 0.749. The van der Waals surface area contributed by atoms with Crippen molar-refractivity contribution in [1.29, 1.82) is 5.26 Å². The van der Waals surface area contributed by atoms with E-state index >= 15 is 0 Å². The van der Waals surface area contributed by atoms with Crippen molar-refractivity contribution >= 4 is 15.9 Å². The Morgan fingerprint density at radius 1 is 1.15 bits per heavy atom. The highest BCUT2D eigenvalue weighted by molar-refractivity contribution is 9.08. The first-order valence-electron chi connectivity index (χ1n) is 6.26. The normalized spacial score (nSPS) is 9.85. The lowest BCUT2D eigenvalue weighted by Crippen LogP contribution is -1.93. The molecule has 3 nitrogen and oxygen atoms in total. The summed E-state index contributed by atoms with van der Waals surface area (Å²) in [5.74, 6) is 1.95. The smallest absolute Gasteiger partial charge is 0.145 e. The fourth-order valence-corrected chi connectivity index (χ4v) is 2.11. The zero-order valence-corrected chi connectivity index (χ0v) is 12.7. The van der Waals surface area contributed by atoms with Gasteiger partial charge in [0.1, 0.15) is 23.3 Å². The van der Waals surface area contributed by atoms with Crippen LogP contribution in [0.5, 0.6) is 17.2 Å². The van der Waals surface area contributed by atoms with Crippen LogP contribution in [0, 0.1) is 11.3 Å². The number of hydrogen-bond acceptors (Lipinski definition) is 3. The van der Waals surface area contributed by atoms with Gasteiger partial charge in [0.25, 0.3) is 0 Å². The minimum atomic E-state index is 0.517. The minimum Gasteiger partial charge on any atom is -0.494 e. The highest BCUT2D eigenvalue weighted by atomic mass is 79.9. The third-order valence-electron chi connectivity index (χ3n) is 2.66. The van der Waals surface area contributed by atoms with Gasteiger partial charge in [0.15, 0.2) is 0 Å². The van der Waals surface area contributed by atoms with Gasteiger partial charge in [0.05, 0.1) is 12.2 Å². The van der Waals surface area contributed by atoms with Gasteiger partial charge >= 0.3 is 0 Å². The number of halogens is 1. The number of alkyl halides is 1. The predicted molar refractivity (Wildman–Crippen MR) is 81.5 cm³/mol. The first kappa shape index (κ1) is 14.4. The molecule has 20 heavy (non-hydrogen) atoms. The lowest BCUT2D eigenvalue weighted by atomic mass is 10.1. The van der Waals surface area contributed by atoms with Crippen molar-refractivity contribution < 1.29 is 9.47 Å². The van der Waals surface area contributed by atoms with E-state index in [0.717, 1.165) is 11.3 Å². The van der Waals surface area contributed by atoms with E-state index in [1.165, 1.54) is 0 Å². The van der Waals surface area contributed by atoms with Crippen molar-refractivity contribution in [1.82, 2.24) is 0 Å². The average molecular weight is 332 g/mol. The van der Waals surface area contributed by atoms with Crippen LogP contribution in [-0.4, -0.2) is 6.61 Å². The maximum atomic E-state index is 9.19. The molecule has 0 aliphatic carbocycles. The summed E-state index contributed by atoms with van der Waals surface area (Å²) in [6.45, 7) is 2.53. The molecular formula is C16H14BrNO2. The number of nitriles is 1. The summed E-state index contributed by atoms with van der Waals surface area (Å²) in [5.41, 5.74) is 1.56. The molecule has 102 valence electrons. The SMILES string of the molecule is CCOc1cccc(Oc2ccc(CBr)cc2C#N)c1. The van der Waals surface area contributed by atoms with Crippen molar-refractivity contribution in [2.24, 2.45) is 0 Å². The van der Waals surface area contributed by atoms with Gasteiger partial charge in [0, 0.05) is 11.4 Å². The second-order valence-corrected chi connectivity index (χ2v) is 4.65. The largest absolute Gasteiger partial charge is 0.494 e. The van der Waals surface area contributed by atoms with Crippen molar-refractivity contribution in [3.8, 4) is 23.3 Å². The maximum absolute atomic E-state index is 9.19. The van der Waals surface area contributed by atoms with E-state index < -0.39 is 0 Å². The highest BCUT2D eigenvalue weighted by Gasteiger charge is 2.06. The topological polar surface area (TPSA) is 42.2 Å². The highest BCUT2D eigenvalue weighted by Crippen LogP contribution is 2.28. The van der Waals surface area contributed by atoms with E-state index in [9.17, 15) is 5.26 Å². The molecule has 0 aliphatic rings. The zero-order valence-electron chi connectivity index (χ0n) is 11.1. The minimum absolute atomic E-state index is 0.517. The Balaban J connectivity index is 2.25.